The standard InChI is InChI=1S/C23H20N2O4S/c1-3-29-23(28)19(12-16-8-7-11-24-14-16)21(27)20-13-18(15(2)26)22(30-20)25-17-9-5-4-6-10-17/h4-14,25H,3H2,1-2H3/b19-12-. The molecule has 0 spiro atoms. The van der Waals surface area contributed by atoms with Crippen molar-refractivity contribution >= 4 is 45.6 Å². The molecule has 0 saturated carbocycles. The lowest BCUT2D eigenvalue weighted by molar-refractivity contribution is -0.137. The number of thiophene rings is 1. The van der Waals surface area contributed by atoms with E-state index in [1.54, 1.807) is 31.5 Å². The zero-order valence-electron chi connectivity index (χ0n) is 16.5. The molecule has 6 nitrogen and oxygen atoms in total. The molecule has 1 N–H and O–H groups in total. The smallest absolute Gasteiger partial charge is 0.342 e. The van der Waals surface area contributed by atoms with Crippen LogP contribution >= 0.6 is 11.3 Å². The van der Waals surface area contributed by atoms with Crippen molar-refractivity contribution < 1.29 is 19.1 Å². The van der Waals surface area contributed by atoms with Crippen LogP contribution in [0.5, 0.6) is 0 Å². The van der Waals surface area contributed by atoms with E-state index in [9.17, 15) is 14.4 Å². The molecule has 7 heteroatoms. The highest BCUT2D eigenvalue weighted by Crippen LogP contribution is 2.33. The summed E-state index contributed by atoms with van der Waals surface area (Å²) in [5.41, 5.74) is 1.65. The molecule has 0 aliphatic rings. The highest BCUT2D eigenvalue weighted by atomic mass is 32.1. The summed E-state index contributed by atoms with van der Waals surface area (Å²) in [6.45, 7) is 3.25. The summed E-state index contributed by atoms with van der Waals surface area (Å²) in [6.07, 6.45) is 4.60. The van der Waals surface area contributed by atoms with E-state index >= 15 is 0 Å². The van der Waals surface area contributed by atoms with E-state index in [1.807, 2.05) is 30.3 Å². The van der Waals surface area contributed by atoms with Gasteiger partial charge in [0.15, 0.2) is 5.78 Å². The van der Waals surface area contributed by atoms with Crippen molar-refractivity contribution in [3.05, 3.63) is 82.5 Å². The number of benzene rings is 1. The molecule has 3 rings (SSSR count). The van der Waals surface area contributed by atoms with Crippen LogP contribution in [0.4, 0.5) is 10.7 Å². The van der Waals surface area contributed by atoms with Crippen LogP contribution in [0.15, 0.2) is 66.5 Å². The van der Waals surface area contributed by atoms with Crippen molar-refractivity contribution in [3.8, 4) is 0 Å². The zero-order chi connectivity index (χ0) is 21.5. The van der Waals surface area contributed by atoms with E-state index in [2.05, 4.69) is 10.3 Å². The van der Waals surface area contributed by atoms with E-state index in [0.29, 0.717) is 16.1 Å². The molecule has 0 atom stereocenters. The number of nitrogens with one attached hydrogen (secondary N) is 1. The van der Waals surface area contributed by atoms with Crippen molar-refractivity contribution in [2.24, 2.45) is 0 Å². The van der Waals surface area contributed by atoms with Gasteiger partial charge in [0.1, 0.15) is 10.6 Å². The number of ketones is 2. The lowest BCUT2D eigenvalue weighted by Crippen LogP contribution is -2.15. The highest BCUT2D eigenvalue weighted by Gasteiger charge is 2.25. The average Bonchev–Trinajstić information content (AvgIpc) is 3.17. The quantitative estimate of drug-likeness (QED) is 0.183. The largest absolute Gasteiger partial charge is 0.462 e. The van der Waals surface area contributed by atoms with Gasteiger partial charge in [-0.1, -0.05) is 24.3 Å². The SMILES string of the molecule is CCOC(=O)/C(=C\c1cccnc1)C(=O)c1cc(C(C)=O)c(Nc2ccccc2)s1. The minimum absolute atomic E-state index is 0.118. The summed E-state index contributed by atoms with van der Waals surface area (Å²) in [5, 5.41) is 3.72. The Balaban J connectivity index is 2.00. The third-order valence-electron chi connectivity index (χ3n) is 4.10. The fourth-order valence-corrected chi connectivity index (χ4v) is 3.78. The summed E-state index contributed by atoms with van der Waals surface area (Å²) in [4.78, 5) is 42.1. The molecular weight excluding hydrogens is 400 g/mol. The summed E-state index contributed by atoms with van der Waals surface area (Å²) >= 11 is 1.12. The van der Waals surface area contributed by atoms with Crippen LogP contribution in [0, 0.1) is 0 Å². The molecule has 1 aromatic carbocycles. The normalized spacial score (nSPS) is 11.1. The molecule has 152 valence electrons. The summed E-state index contributed by atoms with van der Waals surface area (Å²) < 4.78 is 5.07. The van der Waals surface area contributed by atoms with Crippen LogP contribution in [0.25, 0.3) is 6.08 Å². The van der Waals surface area contributed by atoms with Crippen molar-refractivity contribution in [3.63, 3.8) is 0 Å². The Bertz CT molecular complexity index is 1090. The molecule has 0 aliphatic carbocycles. The number of pyridine rings is 1. The lowest BCUT2D eigenvalue weighted by atomic mass is 10.1. The summed E-state index contributed by atoms with van der Waals surface area (Å²) in [6, 6.07) is 14.3. The van der Waals surface area contributed by atoms with Gasteiger partial charge >= 0.3 is 5.97 Å². The van der Waals surface area contributed by atoms with Crippen molar-refractivity contribution in [2.75, 3.05) is 11.9 Å². The fourth-order valence-electron chi connectivity index (χ4n) is 2.70. The number of anilines is 2. The van der Waals surface area contributed by atoms with Gasteiger partial charge in [-0.05, 0) is 49.8 Å². The molecular formula is C23H20N2O4S. The van der Waals surface area contributed by atoms with Crippen LogP contribution in [-0.4, -0.2) is 29.1 Å². The van der Waals surface area contributed by atoms with Crippen LogP contribution < -0.4 is 5.32 Å². The average molecular weight is 420 g/mol. The number of hydrogen-bond donors (Lipinski definition) is 1. The first-order valence-electron chi connectivity index (χ1n) is 9.30. The highest BCUT2D eigenvalue weighted by molar-refractivity contribution is 7.18. The number of nitrogens with zero attached hydrogens (tertiary/aromatic N) is 1. The second-order valence-corrected chi connectivity index (χ2v) is 7.35. The molecule has 2 heterocycles. The molecule has 0 amide bonds. The van der Waals surface area contributed by atoms with Gasteiger partial charge in [0.2, 0.25) is 5.78 Å². The molecule has 0 aliphatic heterocycles. The molecule has 0 bridgehead atoms. The van der Waals surface area contributed by atoms with Crippen LogP contribution in [0.3, 0.4) is 0 Å². The Hall–Kier alpha value is -3.58. The van der Waals surface area contributed by atoms with Gasteiger partial charge in [-0.3, -0.25) is 14.6 Å². The number of Topliss-reactive ketones (excluding diaryl/α,β-unsaturated/α-hetero) is 2. The maximum absolute atomic E-state index is 13.2. The number of hydrogen-bond acceptors (Lipinski definition) is 7. The predicted molar refractivity (Wildman–Crippen MR) is 117 cm³/mol. The zero-order valence-corrected chi connectivity index (χ0v) is 17.4. The third-order valence-corrected chi connectivity index (χ3v) is 5.15. The van der Waals surface area contributed by atoms with Crippen LogP contribution in [0.1, 0.15) is 39.4 Å². The number of carbonyl (C=O) groups excluding carboxylic acids is 3. The number of esters is 1. The number of carbonyl (C=O) groups is 3. The van der Waals surface area contributed by atoms with Crippen molar-refractivity contribution in [1.82, 2.24) is 4.98 Å². The van der Waals surface area contributed by atoms with Gasteiger partial charge in [0.25, 0.3) is 0 Å². The molecule has 0 saturated heterocycles. The second kappa shape index (κ2) is 9.76. The van der Waals surface area contributed by atoms with Crippen LogP contribution in [-0.2, 0) is 9.53 Å². The van der Waals surface area contributed by atoms with E-state index in [4.69, 9.17) is 4.74 Å². The molecule has 30 heavy (non-hydrogen) atoms. The Morgan fingerprint density at radius 2 is 1.90 bits per heavy atom. The summed E-state index contributed by atoms with van der Waals surface area (Å²) in [5.74, 6) is -1.41. The Labute approximate surface area is 178 Å². The maximum atomic E-state index is 13.2. The molecule has 3 aromatic rings. The van der Waals surface area contributed by atoms with E-state index in [0.717, 1.165) is 17.0 Å². The maximum Gasteiger partial charge on any atom is 0.342 e. The Kier molecular flexibility index (Phi) is 6.87. The number of para-hydroxylation sites is 1. The monoisotopic (exact) mass is 420 g/mol. The van der Waals surface area contributed by atoms with Crippen molar-refractivity contribution in [1.29, 1.82) is 0 Å². The first-order valence-corrected chi connectivity index (χ1v) is 10.1. The Morgan fingerprint density at radius 3 is 2.53 bits per heavy atom. The topological polar surface area (TPSA) is 85.4 Å². The fraction of sp³-hybridized carbons (Fsp3) is 0.130. The van der Waals surface area contributed by atoms with E-state index in [-0.39, 0.29) is 22.8 Å². The van der Waals surface area contributed by atoms with Gasteiger partial charge in [0, 0.05) is 18.1 Å². The van der Waals surface area contributed by atoms with E-state index in [1.165, 1.54) is 19.1 Å². The van der Waals surface area contributed by atoms with Crippen molar-refractivity contribution in [2.45, 2.75) is 13.8 Å². The molecule has 0 fully saturated rings. The van der Waals surface area contributed by atoms with Gasteiger partial charge < -0.3 is 10.1 Å². The molecule has 2 aromatic heterocycles. The van der Waals surface area contributed by atoms with Gasteiger partial charge in [-0.15, -0.1) is 11.3 Å². The number of aromatic nitrogens is 1. The van der Waals surface area contributed by atoms with E-state index < -0.39 is 11.8 Å². The Morgan fingerprint density at radius 1 is 1.13 bits per heavy atom. The molecule has 0 radical (unpaired) electrons. The first kappa shape index (κ1) is 21.1. The number of ether oxygens (including phenoxy) is 1. The van der Waals surface area contributed by atoms with Gasteiger partial charge in [-0.25, -0.2) is 4.79 Å². The third kappa shape index (κ3) is 5.07. The number of rotatable bonds is 8. The summed E-state index contributed by atoms with van der Waals surface area (Å²) in [7, 11) is 0. The molecule has 0 unspecified atom stereocenters. The van der Waals surface area contributed by atoms with Gasteiger partial charge in [0.05, 0.1) is 17.0 Å². The minimum Gasteiger partial charge on any atom is -0.462 e. The second-order valence-electron chi connectivity index (χ2n) is 6.29. The first-order chi connectivity index (χ1) is 14.5. The minimum atomic E-state index is -0.721. The lowest BCUT2D eigenvalue weighted by Gasteiger charge is -2.06. The predicted octanol–water partition coefficient (Wildman–Crippen LogP) is 4.92. The van der Waals surface area contributed by atoms with Gasteiger partial charge in [-0.2, -0.15) is 0 Å². The van der Waals surface area contributed by atoms with Crippen LogP contribution in [0.2, 0.25) is 0 Å².